The summed E-state index contributed by atoms with van der Waals surface area (Å²) in [5.41, 5.74) is 0.657. The van der Waals surface area contributed by atoms with Gasteiger partial charge in [0.15, 0.2) is 11.5 Å². The molecule has 0 N–H and O–H groups in total. The molecule has 25 heavy (non-hydrogen) atoms. The quantitative estimate of drug-likeness (QED) is 0.405. The Balaban J connectivity index is 2.19. The Kier molecular flexibility index (Phi) is 6.41. The minimum Gasteiger partial charge on any atom is -0.493 e. The lowest BCUT2D eigenvalue weighted by Crippen LogP contribution is -2.04. The van der Waals surface area contributed by atoms with E-state index in [0.29, 0.717) is 27.3 Å². The minimum absolute atomic E-state index is 0.223. The minimum atomic E-state index is -0.610. The zero-order valence-corrected chi connectivity index (χ0v) is 15.4. The first-order valence-electron chi connectivity index (χ1n) is 7.13. The van der Waals surface area contributed by atoms with Crippen LogP contribution >= 0.6 is 15.9 Å². The fraction of sp³-hybridized carbons (Fsp3) is 0.167. The summed E-state index contributed by atoms with van der Waals surface area (Å²) in [4.78, 5) is 11.9. The Hall–Kier alpha value is -2.54. The summed E-state index contributed by atoms with van der Waals surface area (Å²) in [5.74, 6) is 0.578. The van der Waals surface area contributed by atoms with Gasteiger partial charge in [-0.25, -0.2) is 9.18 Å². The number of ether oxygens (including phenoxy) is 4. The predicted octanol–water partition coefficient (Wildman–Crippen LogP) is 4.23. The molecule has 0 bridgehead atoms. The van der Waals surface area contributed by atoms with E-state index in [4.69, 9.17) is 18.9 Å². The van der Waals surface area contributed by atoms with Crippen LogP contribution in [0.4, 0.5) is 4.39 Å². The highest BCUT2D eigenvalue weighted by Gasteiger charge is 2.12. The maximum Gasteiger partial charge on any atom is 0.336 e. The largest absolute Gasteiger partial charge is 0.493 e. The predicted molar refractivity (Wildman–Crippen MR) is 94.9 cm³/mol. The molecule has 5 nitrogen and oxygen atoms in total. The Morgan fingerprint density at radius 1 is 1.00 bits per heavy atom. The van der Waals surface area contributed by atoms with Gasteiger partial charge >= 0.3 is 5.97 Å². The SMILES string of the molecule is COc1cc(C=CC(=O)Oc2ccc(F)cc2Br)cc(OC)c1OC. The van der Waals surface area contributed by atoms with Crippen molar-refractivity contribution in [2.24, 2.45) is 0 Å². The van der Waals surface area contributed by atoms with Crippen molar-refractivity contribution in [3.8, 4) is 23.0 Å². The van der Waals surface area contributed by atoms with Gasteiger partial charge in [-0.3, -0.25) is 0 Å². The molecule has 0 saturated carbocycles. The summed E-state index contributed by atoms with van der Waals surface area (Å²) in [6.45, 7) is 0. The molecule has 0 aliphatic heterocycles. The Morgan fingerprint density at radius 2 is 1.64 bits per heavy atom. The van der Waals surface area contributed by atoms with Crippen molar-refractivity contribution in [1.29, 1.82) is 0 Å². The van der Waals surface area contributed by atoms with E-state index in [1.807, 2.05) is 0 Å². The van der Waals surface area contributed by atoms with E-state index in [1.54, 1.807) is 18.2 Å². The molecule has 0 aliphatic rings. The van der Waals surface area contributed by atoms with Crippen LogP contribution in [0.2, 0.25) is 0 Å². The normalized spacial score (nSPS) is 10.6. The molecule has 2 aromatic rings. The molecule has 0 amide bonds. The van der Waals surface area contributed by atoms with E-state index in [2.05, 4.69) is 15.9 Å². The summed E-state index contributed by atoms with van der Waals surface area (Å²) in [6, 6.07) is 7.17. The van der Waals surface area contributed by atoms with Crippen molar-refractivity contribution in [1.82, 2.24) is 0 Å². The van der Waals surface area contributed by atoms with Gasteiger partial charge in [-0.15, -0.1) is 0 Å². The highest BCUT2D eigenvalue weighted by atomic mass is 79.9. The molecule has 0 fully saturated rings. The van der Waals surface area contributed by atoms with Crippen LogP contribution in [0.3, 0.4) is 0 Å². The number of carbonyl (C=O) groups excluding carboxylic acids is 1. The summed E-state index contributed by atoms with van der Waals surface area (Å²) < 4.78 is 34.3. The average molecular weight is 411 g/mol. The number of benzene rings is 2. The smallest absolute Gasteiger partial charge is 0.336 e. The fourth-order valence-corrected chi connectivity index (χ4v) is 2.49. The van der Waals surface area contributed by atoms with Crippen LogP contribution in [-0.2, 0) is 4.79 Å². The number of rotatable bonds is 6. The number of esters is 1. The van der Waals surface area contributed by atoms with Crippen molar-refractivity contribution < 1.29 is 28.1 Å². The van der Waals surface area contributed by atoms with Crippen LogP contribution in [0.5, 0.6) is 23.0 Å². The van der Waals surface area contributed by atoms with Gasteiger partial charge in [0, 0.05) is 6.08 Å². The molecule has 0 aliphatic carbocycles. The van der Waals surface area contributed by atoms with Crippen molar-refractivity contribution in [2.45, 2.75) is 0 Å². The third-order valence-corrected chi connectivity index (χ3v) is 3.82. The van der Waals surface area contributed by atoms with Crippen molar-refractivity contribution in [2.75, 3.05) is 21.3 Å². The number of methoxy groups -OCH3 is 3. The van der Waals surface area contributed by atoms with Crippen LogP contribution < -0.4 is 18.9 Å². The molecule has 0 spiro atoms. The standard InChI is InChI=1S/C18H16BrFO5/c1-22-15-8-11(9-16(23-2)18(15)24-3)4-7-17(21)25-14-6-5-12(20)10-13(14)19/h4-10H,1-3H3. The lowest BCUT2D eigenvalue weighted by molar-refractivity contribution is -0.128. The lowest BCUT2D eigenvalue weighted by Gasteiger charge is -2.12. The number of hydrogen-bond acceptors (Lipinski definition) is 5. The second kappa shape index (κ2) is 8.53. The molecule has 0 unspecified atom stereocenters. The fourth-order valence-electron chi connectivity index (χ4n) is 2.06. The van der Waals surface area contributed by atoms with Crippen LogP contribution in [-0.4, -0.2) is 27.3 Å². The molecule has 2 rings (SSSR count). The monoisotopic (exact) mass is 410 g/mol. The zero-order valence-electron chi connectivity index (χ0n) is 13.8. The first-order chi connectivity index (χ1) is 12.0. The molecule has 0 aromatic heterocycles. The molecule has 0 radical (unpaired) electrons. The summed E-state index contributed by atoms with van der Waals surface area (Å²) in [5, 5.41) is 0. The van der Waals surface area contributed by atoms with Gasteiger partial charge in [-0.1, -0.05) is 0 Å². The van der Waals surface area contributed by atoms with Crippen molar-refractivity contribution in [3.05, 3.63) is 52.3 Å². The van der Waals surface area contributed by atoms with E-state index >= 15 is 0 Å². The van der Waals surface area contributed by atoms with Crippen LogP contribution in [0.25, 0.3) is 6.08 Å². The first kappa shape index (κ1) is 18.8. The maximum atomic E-state index is 13.0. The van der Waals surface area contributed by atoms with E-state index in [1.165, 1.54) is 45.6 Å². The first-order valence-corrected chi connectivity index (χ1v) is 7.92. The summed E-state index contributed by atoms with van der Waals surface area (Å²) in [7, 11) is 4.52. The second-order valence-corrected chi connectivity index (χ2v) is 5.64. The number of hydrogen-bond donors (Lipinski definition) is 0. The molecular formula is C18H16BrFO5. The second-order valence-electron chi connectivity index (χ2n) is 4.79. The Labute approximate surface area is 153 Å². The third kappa shape index (κ3) is 4.73. The topological polar surface area (TPSA) is 54.0 Å². The number of carbonyl (C=O) groups is 1. The number of halogens is 2. The molecule has 0 heterocycles. The van der Waals surface area contributed by atoms with Crippen LogP contribution in [0.1, 0.15) is 5.56 Å². The lowest BCUT2D eigenvalue weighted by atomic mass is 10.1. The average Bonchev–Trinajstić information content (AvgIpc) is 2.61. The summed E-state index contributed by atoms with van der Waals surface area (Å²) in [6.07, 6.45) is 2.79. The molecular weight excluding hydrogens is 395 g/mol. The Bertz CT molecular complexity index is 779. The van der Waals surface area contributed by atoms with E-state index in [-0.39, 0.29) is 5.75 Å². The van der Waals surface area contributed by atoms with Gasteiger partial charge in [0.05, 0.1) is 25.8 Å². The molecule has 0 atom stereocenters. The van der Waals surface area contributed by atoms with Gasteiger partial charge in [0.2, 0.25) is 5.75 Å². The summed E-state index contributed by atoms with van der Waals surface area (Å²) >= 11 is 3.14. The van der Waals surface area contributed by atoms with Gasteiger partial charge in [-0.2, -0.15) is 0 Å². The highest BCUT2D eigenvalue weighted by molar-refractivity contribution is 9.10. The van der Waals surface area contributed by atoms with Gasteiger partial charge in [0.25, 0.3) is 0 Å². The van der Waals surface area contributed by atoms with Crippen molar-refractivity contribution in [3.63, 3.8) is 0 Å². The van der Waals surface area contributed by atoms with Crippen molar-refractivity contribution >= 4 is 28.0 Å². The van der Waals surface area contributed by atoms with Crippen LogP contribution in [0, 0.1) is 5.82 Å². The van der Waals surface area contributed by atoms with Gasteiger partial charge in [0.1, 0.15) is 11.6 Å². The van der Waals surface area contributed by atoms with Gasteiger partial charge < -0.3 is 18.9 Å². The molecule has 2 aromatic carbocycles. The highest BCUT2D eigenvalue weighted by Crippen LogP contribution is 2.38. The van der Waals surface area contributed by atoms with E-state index < -0.39 is 11.8 Å². The third-order valence-electron chi connectivity index (χ3n) is 3.20. The molecule has 132 valence electrons. The van der Waals surface area contributed by atoms with Gasteiger partial charge in [-0.05, 0) is 57.9 Å². The maximum absolute atomic E-state index is 13.0. The zero-order chi connectivity index (χ0) is 18.4. The van der Waals surface area contributed by atoms with E-state index in [9.17, 15) is 9.18 Å². The Morgan fingerprint density at radius 3 is 2.16 bits per heavy atom. The van der Waals surface area contributed by atoms with E-state index in [0.717, 1.165) is 0 Å². The molecule has 0 saturated heterocycles. The molecule has 7 heteroatoms. The van der Waals surface area contributed by atoms with Crippen LogP contribution in [0.15, 0.2) is 40.9 Å².